The Kier molecular flexibility index (Phi) is 4.84. The molecule has 0 aliphatic carbocycles. The molecule has 1 aromatic rings. The number of aromatic nitrogens is 1. The molecule has 4 nitrogen and oxygen atoms in total. The van der Waals surface area contributed by atoms with Crippen LogP contribution in [0.4, 0.5) is 0 Å². The van der Waals surface area contributed by atoms with E-state index in [1.165, 1.54) is 13.3 Å². The first-order valence-electron chi connectivity index (χ1n) is 5.06. The SMILES string of the molecule is COC(=O)C(C)(C)[C@H](N)c1c(Cl)cnc(Cl)c1Cl. The van der Waals surface area contributed by atoms with Crippen LogP contribution in [0.25, 0.3) is 0 Å². The third-order valence-electron chi connectivity index (χ3n) is 2.77. The first kappa shape index (κ1) is 15.5. The van der Waals surface area contributed by atoms with E-state index in [2.05, 4.69) is 4.98 Å². The molecule has 0 aliphatic rings. The van der Waals surface area contributed by atoms with Gasteiger partial charge in [0, 0.05) is 17.8 Å². The fraction of sp³-hybridized carbons (Fsp3) is 0.455. The summed E-state index contributed by atoms with van der Waals surface area (Å²) < 4.78 is 4.71. The summed E-state index contributed by atoms with van der Waals surface area (Å²) in [6.45, 7) is 3.29. The molecule has 1 atom stereocenters. The van der Waals surface area contributed by atoms with E-state index in [0.717, 1.165) is 0 Å². The van der Waals surface area contributed by atoms with Crippen molar-refractivity contribution in [2.24, 2.45) is 11.1 Å². The monoisotopic (exact) mass is 310 g/mol. The Morgan fingerprint density at radius 3 is 2.50 bits per heavy atom. The van der Waals surface area contributed by atoms with E-state index in [-0.39, 0.29) is 15.2 Å². The van der Waals surface area contributed by atoms with E-state index in [9.17, 15) is 4.79 Å². The maximum atomic E-state index is 11.7. The quantitative estimate of drug-likeness (QED) is 0.687. The molecule has 1 rings (SSSR count). The van der Waals surface area contributed by atoms with Gasteiger partial charge in [-0.3, -0.25) is 4.79 Å². The molecular weight excluding hydrogens is 298 g/mol. The zero-order valence-corrected chi connectivity index (χ0v) is 12.4. The smallest absolute Gasteiger partial charge is 0.313 e. The van der Waals surface area contributed by atoms with Gasteiger partial charge in [-0.25, -0.2) is 4.98 Å². The van der Waals surface area contributed by atoms with Crippen LogP contribution < -0.4 is 5.73 Å². The van der Waals surface area contributed by atoms with Crippen LogP contribution in [0.1, 0.15) is 25.5 Å². The third kappa shape index (κ3) is 2.72. The van der Waals surface area contributed by atoms with Crippen molar-refractivity contribution in [3.05, 3.63) is 27.0 Å². The highest BCUT2D eigenvalue weighted by molar-refractivity contribution is 6.43. The average Bonchev–Trinajstić information content (AvgIpc) is 2.33. The van der Waals surface area contributed by atoms with Gasteiger partial charge in [-0.2, -0.15) is 0 Å². The minimum absolute atomic E-state index is 0.0900. The van der Waals surface area contributed by atoms with Crippen molar-refractivity contribution < 1.29 is 9.53 Å². The molecule has 0 bridgehead atoms. The largest absolute Gasteiger partial charge is 0.469 e. The summed E-state index contributed by atoms with van der Waals surface area (Å²) in [4.78, 5) is 15.5. The Labute approximate surface area is 120 Å². The summed E-state index contributed by atoms with van der Waals surface area (Å²) in [6, 6.07) is -0.759. The predicted molar refractivity (Wildman–Crippen MR) is 72.0 cm³/mol. The van der Waals surface area contributed by atoms with Crippen LogP contribution in [0.15, 0.2) is 6.20 Å². The molecule has 0 aliphatic heterocycles. The predicted octanol–water partition coefficient (Wildman–Crippen LogP) is 3.24. The standard InChI is InChI=1S/C11H13Cl3N2O2/c1-11(2,10(17)18-3)8(15)6-5(12)4-16-9(14)7(6)13/h4,8H,15H2,1-3H3/t8-/m1/s1. The van der Waals surface area contributed by atoms with Gasteiger partial charge in [0.1, 0.15) is 5.15 Å². The molecule has 0 amide bonds. The summed E-state index contributed by atoms with van der Waals surface area (Å²) in [6.07, 6.45) is 1.35. The lowest BCUT2D eigenvalue weighted by atomic mass is 9.81. The van der Waals surface area contributed by atoms with Crippen molar-refractivity contribution in [3.63, 3.8) is 0 Å². The first-order valence-corrected chi connectivity index (χ1v) is 6.20. The van der Waals surface area contributed by atoms with E-state index in [4.69, 9.17) is 45.3 Å². The van der Waals surface area contributed by atoms with E-state index in [1.54, 1.807) is 13.8 Å². The second kappa shape index (κ2) is 5.61. The van der Waals surface area contributed by atoms with Crippen LogP contribution in [-0.2, 0) is 9.53 Å². The number of rotatable bonds is 3. The molecular formula is C11H13Cl3N2O2. The van der Waals surface area contributed by atoms with Gasteiger partial charge < -0.3 is 10.5 Å². The van der Waals surface area contributed by atoms with Gasteiger partial charge in [0.2, 0.25) is 0 Å². The van der Waals surface area contributed by atoms with Crippen molar-refractivity contribution in [1.29, 1.82) is 0 Å². The minimum Gasteiger partial charge on any atom is -0.469 e. The zero-order chi connectivity index (χ0) is 14.1. The van der Waals surface area contributed by atoms with E-state index >= 15 is 0 Å². The van der Waals surface area contributed by atoms with Gasteiger partial charge >= 0.3 is 5.97 Å². The van der Waals surface area contributed by atoms with Gasteiger partial charge in [-0.05, 0) is 13.8 Å². The summed E-state index contributed by atoms with van der Waals surface area (Å²) in [5.74, 6) is -0.463. The Hall–Kier alpha value is -0.550. The minimum atomic E-state index is -0.993. The van der Waals surface area contributed by atoms with Crippen molar-refractivity contribution in [3.8, 4) is 0 Å². The van der Waals surface area contributed by atoms with Crippen LogP contribution in [-0.4, -0.2) is 18.1 Å². The summed E-state index contributed by atoms with van der Waals surface area (Å²) in [5, 5.41) is 0.495. The van der Waals surface area contributed by atoms with Gasteiger partial charge in [-0.15, -0.1) is 0 Å². The van der Waals surface area contributed by atoms with Crippen LogP contribution in [0.5, 0.6) is 0 Å². The number of ether oxygens (including phenoxy) is 1. The van der Waals surface area contributed by atoms with Gasteiger partial charge in [0.05, 0.1) is 22.6 Å². The molecule has 1 aromatic heterocycles. The lowest BCUT2D eigenvalue weighted by molar-refractivity contribution is -0.152. The van der Waals surface area contributed by atoms with Crippen LogP contribution in [0.2, 0.25) is 15.2 Å². The maximum absolute atomic E-state index is 11.7. The van der Waals surface area contributed by atoms with Gasteiger partial charge in [0.15, 0.2) is 0 Å². The van der Waals surface area contributed by atoms with Crippen molar-refractivity contribution in [2.45, 2.75) is 19.9 Å². The topological polar surface area (TPSA) is 65.2 Å². The molecule has 0 saturated heterocycles. The summed E-state index contributed by atoms with van der Waals surface area (Å²) in [7, 11) is 1.29. The normalized spacial score (nSPS) is 13.3. The highest BCUT2D eigenvalue weighted by atomic mass is 35.5. The number of pyridine rings is 1. The highest BCUT2D eigenvalue weighted by Gasteiger charge is 2.39. The Bertz CT molecular complexity index is 478. The number of methoxy groups -OCH3 is 1. The number of nitrogens with two attached hydrogens (primary N) is 1. The maximum Gasteiger partial charge on any atom is 0.313 e. The molecule has 0 spiro atoms. The molecule has 7 heteroatoms. The lowest BCUT2D eigenvalue weighted by Gasteiger charge is -2.30. The number of carbonyl (C=O) groups excluding carboxylic acids is 1. The van der Waals surface area contributed by atoms with Crippen LogP contribution in [0, 0.1) is 5.41 Å². The number of hydrogen-bond donors (Lipinski definition) is 1. The van der Waals surface area contributed by atoms with E-state index in [1.807, 2.05) is 0 Å². The summed E-state index contributed by atoms with van der Waals surface area (Å²) in [5.41, 5.74) is 5.45. The second-order valence-electron chi connectivity index (χ2n) is 4.32. The zero-order valence-electron chi connectivity index (χ0n) is 10.1. The number of carbonyl (C=O) groups is 1. The average molecular weight is 312 g/mol. The molecule has 0 aromatic carbocycles. The van der Waals surface area contributed by atoms with Crippen molar-refractivity contribution >= 4 is 40.8 Å². The highest BCUT2D eigenvalue weighted by Crippen LogP contribution is 2.41. The Morgan fingerprint density at radius 1 is 1.44 bits per heavy atom. The number of halogens is 3. The molecule has 100 valence electrons. The van der Waals surface area contributed by atoms with Crippen molar-refractivity contribution in [2.75, 3.05) is 7.11 Å². The van der Waals surface area contributed by atoms with Gasteiger partial charge in [0.25, 0.3) is 0 Å². The second-order valence-corrected chi connectivity index (χ2v) is 5.46. The van der Waals surface area contributed by atoms with Gasteiger partial charge in [-0.1, -0.05) is 34.8 Å². The molecule has 0 radical (unpaired) electrons. The van der Waals surface area contributed by atoms with Crippen LogP contribution in [0.3, 0.4) is 0 Å². The molecule has 18 heavy (non-hydrogen) atoms. The Morgan fingerprint density at radius 2 is 2.00 bits per heavy atom. The fourth-order valence-electron chi connectivity index (χ4n) is 1.49. The fourth-order valence-corrected chi connectivity index (χ4v) is 2.22. The molecule has 1 heterocycles. The van der Waals surface area contributed by atoms with E-state index < -0.39 is 17.4 Å². The molecule has 2 N–H and O–H groups in total. The number of esters is 1. The Balaban J connectivity index is 3.31. The number of hydrogen-bond acceptors (Lipinski definition) is 4. The first-order chi connectivity index (χ1) is 8.23. The van der Waals surface area contributed by atoms with Crippen LogP contribution >= 0.6 is 34.8 Å². The third-order valence-corrected chi connectivity index (χ3v) is 3.83. The molecule has 0 unspecified atom stereocenters. The number of nitrogens with zero attached hydrogens (tertiary/aromatic N) is 1. The molecule has 0 fully saturated rings. The lowest BCUT2D eigenvalue weighted by Crippen LogP contribution is -2.37. The van der Waals surface area contributed by atoms with E-state index in [0.29, 0.717) is 5.56 Å². The van der Waals surface area contributed by atoms with Crippen molar-refractivity contribution in [1.82, 2.24) is 4.98 Å². The molecule has 0 saturated carbocycles. The summed E-state index contributed by atoms with van der Waals surface area (Å²) >= 11 is 17.9.